The Balaban J connectivity index is 2.19. The molecule has 0 aliphatic carbocycles. The first-order chi connectivity index (χ1) is 9.08. The monoisotopic (exact) mass is 260 g/mol. The molecule has 0 N–H and O–H groups in total. The molecule has 0 aliphatic heterocycles. The summed E-state index contributed by atoms with van der Waals surface area (Å²) in [6.07, 6.45) is 7.73. The summed E-state index contributed by atoms with van der Waals surface area (Å²) in [7, 11) is 2.21. The molecule has 0 spiro atoms. The van der Waals surface area contributed by atoms with Crippen molar-refractivity contribution in [1.29, 1.82) is 0 Å². The summed E-state index contributed by atoms with van der Waals surface area (Å²) in [5, 5.41) is 0. The molecule has 0 aliphatic rings. The Morgan fingerprint density at radius 3 is 2.79 bits per heavy atom. The number of hydrogen-bond donors (Lipinski definition) is 0. The van der Waals surface area contributed by atoms with E-state index in [1.54, 1.807) is 0 Å². The molecule has 1 atom stereocenters. The van der Waals surface area contributed by atoms with Crippen molar-refractivity contribution in [1.82, 2.24) is 9.88 Å². The third-order valence-electron chi connectivity index (χ3n) is 3.31. The highest BCUT2D eigenvalue weighted by Gasteiger charge is 2.06. The fourth-order valence-electron chi connectivity index (χ4n) is 2.22. The van der Waals surface area contributed by atoms with Crippen LogP contribution in [-0.2, 0) is 6.42 Å². The standard InChI is InChI=1S/C17H28N2/c1-15(2)8-7-9-16(3)14-19(4)13-11-17-10-5-6-12-18-17/h5-6,8,10,12,16H,7,9,11,13-14H2,1-4H3/t16-/m1/s1. The van der Waals surface area contributed by atoms with Crippen LogP contribution in [0.1, 0.15) is 39.3 Å². The largest absolute Gasteiger partial charge is 0.306 e. The Morgan fingerprint density at radius 1 is 1.37 bits per heavy atom. The maximum absolute atomic E-state index is 4.36. The van der Waals surface area contributed by atoms with E-state index in [0.29, 0.717) is 0 Å². The maximum atomic E-state index is 4.36. The lowest BCUT2D eigenvalue weighted by atomic mass is 10.0. The normalized spacial score (nSPS) is 12.5. The van der Waals surface area contributed by atoms with Gasteiger partial charge in [-0.2, -0.15) is 0 Å². The highest BCUT2D eigenvalue weighted by molar-refractivity contribution is 5.03. The molecular weight excluding hydrogens is 232 g/mol. The Morgan fingerprint density at radius 2 is 2.16 bits per heavy atom. The molecule has 19 heavy (non-hydrogen) atoms. The molecule has 1 aromatic rings. The van der Waals surface area contributed by atoms with E-state index in [1.807, 2.05) is 12.3 Å². The first-order valence-electron chi connectivity index (χ1n) is 7.29. The van der Waals surface area contributed by atoms with Crippen molar-refractivity contribution in [2.75, 3.05) is 20.1 Å². The van der Waals surface area contributed by atoms with Crippen molar-refractivity contribution in [2.45, 2.75) is 40.0 Å². The zero-order valence-corrected chi connectivity index (χ0v) is 12.9. The zero-order valence-electron chi connectivity index (χ0n) is 12.9. The molecular formula is C17H28N2. The fraction of sp³-hybridized carbons (Fsp3) is 0.588. The predicted molar refractivity (Wildman–Crippen MR) is 83.3 cm³/mol. The average Bonchev–Trinajstić information content (AvgIpc) is 2.37. The fourth-order valence-corrected chi connectivity index (χ4v) is 2.22. The summed E-state index contributed by atoms with van der Waals surface area (Å²) < 4.78 is 0. The van der Waals surface area contributed by atoms with Gasteiger partial charge in [0.2, 0.25) is 0 Å². The van der Waals surface area contributed by atoms with Gasteiger partial charge < -0.3 is 4.90 Å². The van der Waals surface area contributed by atoms with Crippen LogP contribution in [0.2, 0.25) is 0 Å². The van der Waals surface area contributed by atoms with Crippen molar-refractivity contribution in [3.8, 4) is 0 Å². The highest BCUT2D eigenvalue weighted by Crippen LogP contribution is 2.09. The molecule has 0 saturated carbocycles. The van der Waals surface area contributed by atoms with Crippen molar-refractivity contribution >= 4 is 0 Å². The van der Waals surface area contributed by atoms with Crippen LogP contribution in [0, 0.1) is 5.92 Å². The van der Waals surface area contributed by atoms with E-state index in [4.69, 9.17) is 0 Å². The van der Waals surface area contributed by atoms with Gasteiger partial charge in [-0.3, -0.25) is 4.98 Å². The van der Waals surface area contributed by atoms with Crippen molar-refractivity contribution in [3.63, 3.8) is 0 Å². The van der Waals surface area contributed by atoms with Gasteiger partial charge in [0.25, 0.3) is 0 Å². The summed E-state index contributed by atoms with van der Waals surface area (Å²) >= 11 is 0. The first-order valence-corrected chi connectivity index (χ1v) is 7.29. The lowest BCUT2D eigenvalue weighted by Crippen LogP contribution is -2.26. The van der Waals surface area contributed by atoms with E-state index in [9.17, 15) is 0 Å². The quantitative estimate of drug-likeness (QED) is 0.658. The summed E-state index contributed by atoms with van der Waals surface area (Å²) in [6, 6.07) is 6.13. The molecule has 2 nitrogen and oxygen atoms in total. The van der Waals surface area contributed by atoms with Crippen molar-refractivity contribution < 1.29 is 0 Å². The molecule has 0 fully saturated rings. The Kier molecular flexibility index (Phi) is 7.42. The molecule has 0 amide bonds. The van der Waals surface area contributed by atoms with Crippen LogP contribution in [0.3, 0.4) is 0 Å². The van der Waals surface area contributed by atoms with Crippen LogP contribution in [0.5, 0.6) is 0 Å². The summed E-state index contributed by atoms with van der Waals surface area (Å²) in [5.41, 5.74) is 2.61. The van der Waals surface area contributed by atoms with Gasteiger partial charge in [-0.05, 0) is 51.8 Å². The number of hydrogen-bond acceptors (Lipinski definition) is 2. The van der Waals surface area contributed by atoms with Crippen LogP contribution in [0.15, 0.2) is 36.0 Å². The van der Waals surface area contributed by atoms with E-state index in [2.05, 4.69) is 55.9 Å². The third kappa shape index (κ3) is 7.78. The molecule has 0 bridgehead atoms. The number of rotatable bonds is 8. The zero-order chi connectivity index (χ0) is 14.1. The van der Waals surface area contributed by atoms with Gasteiger partial charge in [-0.1, -0.05) is 24.6 Å². The van der Waals surface area contributed by atoms with Gasteiger partial charge in [0.1, 0.15) is 0 Å². The summed E-state index contributed by atoms with van der Waals surface area (Å²) in [6.45, 7) is 8.94. The molecule has 1 heterocycles. The second-order valence-corrected chi connectivity index (χ2v) is 5.80. The van der Waals surface area contributed by atoms with Crippen molar-refractivity contribution in [3.05, 3.63) is 41.7 Å². The molecule has 0 radical (unpaired) electrons. The SMILES string of the molecule is CC(C)=CCC[C@@H](C)CN(C)CCc1ccccn1. The van der Waals surface area contributed by atoms with E-state index in [0.717, 1.165) is 18.9 Å². The molecule has 0 unspecified atom stereocenters. The van der Waals surface area contributed by atoms with Crippen LogP contribution < -0.4 is 0 Å². The summed E-state index contributed by atoms with van der Waals surface area (Å²) in [4.78, 5) is 6.78. The van der Waals surface area contributed by atoms with Crippen LogP contribution in [0.25, 0.3) is 0 Å². The van der Waals surface area contributed by atoms with Gasteiger partial charge in [0.15, 0.2) is 0 Å². The van der Waals surface area contributed by atoms with Gasteiger partial charge in [0.05, 0.1) is 0 Å². The Bertz CT molecular complexity index is 366. The number of nitrogens with zero attached hydrogens (tertiary/aromatic N) is 2. The van der Waals surface area contributed by atoms with Gasteiger partial charge in [0, 0.05) is 31.4 Å². The smallest absolute Gasteiger partial charge is 0.0416 e. The first kappa shape index (κ1) is 15.9. The predicted octanol–water partition coefficient (Wildman–Crippen LogP) is 3.94. The van der Waals surface area contributed by atoms with Crippen LogP contribution >= 0.6 is 0 Å². The van der Waals surface area contributed by atoms with E-state index >= 15 is 0 Å². The molecule has 0 aromatic carbocycles. The Labute approximate surface area is 118 Å². The minimum atomic E-state index is 0.754. The van der Waals surface area contributed by atoms with E-state index in [-0.39, 0.29) is 0 Å². The lowest BCUT2D eigenvalue weighted by Gasteiger charge is -2.20. The topological polar surface area (TPSA) is 16.1 Å². The number of likely N-dealkylation sites (N-methyl/N-ethyl adjacent to an activating group) is 1. The van der Waals surface area contributed by atoms with Gasteiger partial charge in [-0.25, -0.2) is 0 Å². The van der Waals surface area contributed by atoms with Gasteiger partial charge >= 0.3 is 0 Å². The minimum Gasteiger partial charge on any atom is -0.306 e. The van der Waals surface area contributed by atoms with Gasteiger partial charge in [-0.15, -0.1) is 0 Å². The summed E-state index contributed by atoms with van der Waals surface area (Å²) in [5.74, 6) is 0.754. The molecule has 2 heteroatoms. The second-order valence-electron chi connectivity index (χ2n) is 5.80. The second kappa shape index (κ2) is 8.87. The molecule has 106 valence electrons. The number of aromatic nitrogens is 1. The van der Waals surface area contributed by atoms with Crippen molar-refractivity contribution in [2.24, 2.45) is 5.92 Å². The minimum absolute atomic E-state index is 0.754. The Hall–Kier alpha value is -1.15. The molecule has 0 saturated heterocycles. The molecule has 1 aromatic heterocycles. The maximum Gasteiger partial charge on any atom is 0.0416 e. The lowest BCUT2D eigenvalue weighted by molar-refractivity contribution is 0.281. The average molecular weight is 260 g/mol. The number of allylic oxidation sites excluding steroid dienone is 2. The van der Waals surface area contributed by atoms with Crippen LogP contribution in [-0.4, -0.2) is 30.0 Å². The van der Waals surface area contributed by atoms with Crippen LogP contribution in [0.4, 0.5) is 0 Å². The molecule has 1 rings (SSSR count). The van der Waals surface area contributed by atoms with E-state index in [1.165, 1.54) is 30.7 Å². The van der Waals surface area contributed by atoms with E-state index < -0.39 is 0 Å². The third-order valence-corrected chi connectivity index (χ3v) is 3.31. The highest BCUT2D eigenvalue weighted by atomic mass is 15.1. The number of pyridine rings is 1.